The standard InChI is InChI=1S/C23H29NO6/c1-14(2)10-20(23(27)29-5)24-21(25)13-30-22(26)15(3)16-6-7-18-12-19(28-4)9-8-17(18)11-16/h6-9,11-12,14-15,20H,10,13H2,1-5H3,(H,24,25)/t15-,20-/m0/s1. The molecule has 0 unspecified atom stereocenters. The molecule has 30 heavy (non-hydrogen) atoms. The van der Waals surface area contributed by atoms with Crippen molar-refractivity contribution in [2.75, 3.05) is 20.8 Å². The lowest BCUT2D eigenvalue weighted by molar-refractivity contribution is -0.151. The van der Waals surface area contributed by atoms with Crippen LogP contribution in [-0.4, -0.2) is 44.7 Å². The molecule has 2 rings (SSSR count). The van der Waals surface area contributed by atoms with Crippen molar-refractivity contribution in [2.24, 2.45) is 5.92 Å². The van der Waals surface area contributed by atoms with E-state index >= 15 is 0 Å². The number of hydrogen-bond donors (Lipinski definition) is 1. The molecule has 0 fully saturated rings. The fourth-order valence-electron chi connectivity index (χ4n) is 3.10. The molecule has 0 aromatic heterocycles. The highest BCUT2D eigenvalue weighted by atomic mass is 16.5. The molecule has 2 aromatic carbocycles. The van der Waals surface area contributed by atoms with Gasteiger partial charge in [-0.25, -0.2) is 4.79 Å². The van der Waals surface area contributed by atoms with Gasteiger partial charge in [0, 0.05) is 0 Å². The first-order valence-electron chi connectivity index (χ1n) is 9.86. The van der Waals surface area contributed by atoms with E-state index in [0.717, 1.165) is 22.1 Å². The summed E-state index contributed by atoms with van der Waals surface area (Å²) in [5, 5.41) is 4.54. The van der Waals surface area contributed by atoms with E-state index in [1.807, 2.05) is 50.2 Å². The Labute approximate surface area is 176 Å². The highest BCUT2D eigenvalue weighted by molar-refractivity contribution is 5.89. The van der Waals surface area contributed by atoms with Gasteiger partial charge in [0.2, 0.25) is 0 Å². The molecule has 0 bridgehead atoms. The van der Waals surface area contributed by atoms with Gasteiger partial charge >= 0.3 is 11.9 Å². The molecule has 7 heteroatoms. The summed E-state index contributed by atoms with van der Waals surface area (Å²) in [5.41, 5.74) is 0.783. The Morgan fingerprint density at radius 1 is 0.933 bits per heavy atom. The Kier molecular flexibility index (Phi) is 8.21. The second kappa shape index (κ2) is 10.6. The van der Waals surface area contributed by atoms with E-state index in [1.54, 1.807) is 14.0 Å². The summed E-state index contributed by atoms with van der Waals surface area (Å²) in [6, 6.07) is 10.6. The smallest absolute Gasteiger partial charge is 0.328 e. The molecule has 0 spiro atoms. The van der Waals surface area contributed by atoms with Crippen molar-refractivity contribution in [1.82, 2.24) is 5.32 Å². The van der Waals surface area contributed by atoms with Gasteiger partial charge in [0.05, 0.1) is 20.1 Å². The number of nitrogens with one attached hydrogen (secondary N) is 1. The van der Waals surface area contributed by atoms with E-state index in [1.165, 1.54) is 7.11 Å². The molecule has 1 amide bonds. The van der Waals surface area contributed by atoms with Crippen molar-refractivity contribution in [3.63, 3.8) is 0 Å². The fraction of sp³-hybridized carbons (Fsp3) is 0.435. The maximum atomic E-state index is 12.4. The van der Waals surface area contributed by atoms with Gasteiger partial charge in [0.25, 0.3) is 5.91 Å². The molecule has 7 nitrogen and oxygen atoms in total. The Morgan fingerprint density at radius 3 is 2.23 bits per heavy atom. The Balaban J connectivity index is 1.97. The molecule has 2 atom stereocenters. The van der Waals surface area contributed by atoms with Gasteiger partial charge in [-0.2, -0.15) is 0 Å². The Bertz CT molecular complexity index is 908. The second-order valence-electron chi connectivity index (χ2n) is 7.57. The number of amides is 1. The van der Waals surface area contributed by atoms with Crippen LogP contribution in [0.5, 0.6) is 5.75 Å². The zero-order chi connectivity index (χ0) is 22.3. The average Bonchev–Trinajstić information content (AvgIpc) is 2.74. The zero-order valence-corrected chi connectivity index (χ0v) is 18.1. The third kappa shape index (κ3) is 6.20. The van der Waals surface area contributed by atoms with Gasteiger partial charge in [-0.1, -0.05) is 38.1 Å². The molecule has 2 aromatic rings. The molecule has 1 N–H and O–H groups in total. The van der Waals surface area contributed by atoms with Gasteiger partial charge < -0.3 is 19.5 Å². The second-order valence-corrected chi connectivity index (χ2v) is 7.57. The van der Waals surface area contributed by atoms with Crippen LogP contribution in [0.4, 0.5) is 0 Å². The molecule has 162 valence electrons. The number of esters is 2. The van der Waals surface area contributed by atoms with Crippen molar-refractivity contribution in [3.8, 4) is 5.75 Å². The molecular formula is C23H29NO6. The molecule has 0 aliphatic heterocycles. The number of carbonyl (C=O) groups excluding carboxylic acids is 3. The van der Waals surface area contributed by atoms with Crippen LogP contribution >= 0.6 is 0 Å². The lowest BCUT2D eigenvalue weighted by Gasteiger charge is -2.18. The molecular weight excluding hydrogens is 386 g/mol. The van der Waals surface area contributed by atoms with Crippen LogP contribution in [0.1, 0.15) is 38.7 Å². The summed E-state index contributed by atoms with van der Waals surface area (Å²) < 4.78 is 15.1. The zero-order valence-electron chi connectivity index (χ0n) is 18.1. The minimum Gasteiger partial charge on any atom is -0.497 e. The van der Waals surface area contributed by atoms with Crippen LogP contribution in [0, 0.1) is 5.92 Å². The third-order valence-electron chi connectivity index (χ3n) is 4.80. The highest BCUT2D eigenvalue weighted by Gasteiger charge is 2.24. The quantitative estimate of drug-likeness (QED) is 0.633. The first-order valence-corrected chi connectivity index (χ1v) is 9.86. The lowest BCUT2D eigenvalue weighted by Crippen LogP contribution is -2.44. The summed E-state index contributed by atoms with van der Waals surface area (Å²) in [6.45, 7) is 5.13. The number of carbonyl (C=O) groups is 3. The van der Waals surface area contributed by atoms with E-state index < -0.39 is 36.4 Å². The van der Waals surface area contributed by atoms with Crippen LogP contribution in [0.2, 0.25) is 0 Å². The summed E-state index contributed by atoms with van der Waals surface area (Å²) in [6.07, 6.45) is 0.435. The normalized spacial score (nSPS) is 12.9. The summed E-state index contributed by atoms with van der Waals surface area (Å²) in [5.74, 6) is -1.18. The van der Waals surface area contributed by atoms with Crippen molar-refractivity contribution in [3.05, 3.63) is 42.0 Å². The van der Waals surface area contributed by atoms with Gasteiger partial charge in [0.15, 0.2) is 6.61 Å². The van der Waals surface area contributed by atoms with E-state index in [2.05, 4.69) is 5.32 Å². The maximum Gasteiger partial charge on any atom is 0.328 e. The van der Waals surface area contributed by atoms with E-state index in [-0.39, 0.29) is 5.92 Å². The molecule has 0 aliphatic rings. The van der Waals surface area contributed by atoms with Crippen molar-refractivity contribution >= 4 is 28.6 Å². The highest BCUT2D eigenvalue weighted by Crippen LogP contribution is 2.25. The fourth-order valence-corrected chi connectivity index (χ4v) is 3.10. The Morgan fingerprint density at radius 2 is 1.60 bits per heavy atom. The summed E-state index contributed by atoms with van der Waals surface area (Å²) in [7, 11) is 2.88. The molecule has 0 aliphatic carbocycles. The largest absolute Gasteiger partial charge is 0.497 e. The predicted octanol–water partition coefficient (Wildman–Crippen LogP) is 3.20. The molecule has 0 heterocycles. The maximum absolute atomic E-state index is 12.4. The molecule has 0 radical (unpaired) electrons. The van der Waals surface area contributed by atoms with Gasteiger partial charge in [-0.15, -0.1) is 0 Å². The van der Waals surface area contributed by atoms with Gasteiger partial charge in [0.1, 0.15) is 11.8 Å². The van der Waals surface area contributed by atoms with Crippen LogP contribution in [0.15, 0.2) is 36.4 Å². The minimum atomic E-state index is -0.767. The average molecular weight is 415 g/mol. The van der Waals surface area contributed by atoms with Crippen LogP contribution in [0.25, 0.3) is 10.8 Å². The van der Waals surface area contributed by atoms with Crippen molar-refractivity contribution < 1.29 is 28.6 Å². The van der Waals surface area contributed by atoms with E-state index in [0.29, 0.717) is 6.42 Å². The lowest BCUT2D eigenvalue weighted by atomic mass is 9.98. The third-order valence-corrected chi connectivity index (χ3v) is 4.80. The van der Waals surface area contributed by atoms with Crippen LogP contribution in [-0.2, 0) is 23.9 Å². The number of fused-ring (bicyclic) bond motifs is 1. The first-order chi connectivity index (χ1) is 14.2. The van der Waals surface area contributed by atoms with Gasteiger partial charge in [-0.05, 0) is 47.7 Å². The van der Waals surface area contributed by atoms with Crippen molar-refractivity contribution in [2.45, 2.75) is 39.2 Å². The number of benzene rings is 2. The molecule has 0 saturated carbocycles. The topological polar surface area (TPSA) is 90.9 Å². The SMILES string of the molecule is COC(=O)[C@H](CC(C)C)NC(=O)COC(=O)[C@@H](C)c1ccc2cc(OC)ccc2c1. The van der Waals surface area contributed by atoms with E-state index in [4.69, 9.17) is 14.2 Å². The van der Waals surface area contributed by atoms with Crippen molar-refractivity contribution in [1.29, 1.82) is 0 Å². The predicted molar refractivity (Wildman–Crippen MR) is 113 cm³/mol. The van der Waals surface area contributed by atoms with Gasteiger partial charge in [-0.3, -0.25) is 9.59 Å². The number of ether oxygens (including phenoxy) is 3. The number of methoxy groups -OCH3 is 2. The van der Waals surface area contributed by atoms with E-state index in [9.17, 15) is 14.4 Å². The number of rotatable bonds is 9. The Hall–Kier alpha value is -3.09. The first kappa shape index (κ1) is 23.2. The number of hydrogen-bond acceptors (Lipinski definition) is 6. The molecule has 0 saturated heterocycles. The summed E-state index contributed by atoms with van der Waals surface area (Å²) >= 11 is 0. The summed E-state index contributed by atoms with van der Waals surface area (Å²) in [4.78, 5) is 36.4. The minimum absolute atomic E-state index is 0.185. The monoisotopic (exact) mass is 415 g/mol. The van der Waals surface area contributed by atoms with Crippen LogP contribution < -0.4 is 10.1 Å². The van der Waals surface area contributed by atoms with Crippen LogP contribution in [0.3, 0.4) is 0 Å².